The van der Waals surface area contributed by atoms with E-state index in [2.05, 4.69) is 5.10 Å². The number of carbonyl (C=O) groups excluding carboxylic acids is 2. The Hall–Kier alpha value is -4.08. The molecular formula is C26H28FN5O4. The number of piperazine rings is 1. The molecule has 10 heteroatoms. The molecule has 1 saturated heterocycles. The monoisotopic (exact) mass is 493 g/mol. The Morgan fingerprint density at radius 3 is 2.14 bits per heavy atom. The van der Waals surface area contributed by atoms with Crippen molar-refractivity contribution >= 4 is 11.8 Å². The molecule has 1 aliphatic heterocycles. The Kier molecular flexibility index (Phi) is 7.14. The fraction of sp³-hybridized carbons (Fsp3) is 0.346. The summed E-state index contributed by atoms with van der Waals surface area (Å²) in [6, 6.07) is 12.9. The first-order valence-corrected chi connectivity index (χ1v) is 11.8. The third-order valence-corrected chi connectivity index (χ3v) is 6.37. The van der Waals surface area contributed by atoms with Gasteiger partial charge in [-0.05, 0) is 29.7 Å². The topological polar surface area (TPSA) is 97.5 Å². The van der Waals surface area contributed by atoms with Crippen LogP contribution in [0.15, 0.2) is 58.1 Å². The first-order valence-electron chi connectivity index (χ1n) is 11.8. The summed E-state index contributed by atoms with van der Waals surface area (Å²) < 4.78 is 16.2. The van der Waals surface area contributed by atoms with Crippen molar-refractivity contribution in [2.75, 3.05) is 26.2 Å². The lowest BCUT2D eigenvalue weighted by Crippen LogP contribution is -2.52. The van der Waals surface area contributed by atoms with Gasteiger partial charge in [0.2, 0.25) is 11.6 Å². The van der Waals surface area contributed by atoms with Gasteiger partial charge < -0.3 is 9.80 Å². The highest BCUT2D eigenvalue weighted by atomic mass is 19.1. The Labute approximate surface area is 207 Å². The van der Waals surface area contributed by atoms with Crippen molar-refractivity contribution in [3.05, 3.63) is 92.0 Å². The lowest BCUT2D eigenvalue weighted by Gasteiger charge is -2.33. The van der Waals surface area contributed by atoms with Crippen LogP contribution in [0.4, 0.5) is 4.39 Å². The van der Waals surface area contributed by atoms with E-state index in [0.29, 0.717) is 18.8 Å². The van der Waals surface area contributed by atoms with Crippen molar-refractivity contribution < 1.29 is 14.0 Å². The van der Waals surface area contributed by atoms with Crippen LogP contribution in [0.2, 0.25) is 0 Å². The molecule has 1 fully saturated rings. The highest BCUT2D eigenvalue weighted by molar-refractivity contribution is 5.92. The van der Waals surface area contributed by atoms with E-state index in [0.717, 1.165) is 14.8 Å². The molecule has 2 aromatic carbocycles. The minimum absolute atomic E-state index is 0.0918. The molecular weight excluding hydrogens is 465 g/mol. The highest BCUT2D eigenvalue weighted by Crippen LogP contribution is 2.16. The normalized spacial score (nSPS) is 13.8. The first-order chi connectivity index (χ1) is 17.2. The number of nitrogens with zero attached hydrogens (tertiary/aromatic N) is 5. The number of amides is 2. The molecule has 36 heavy (non-hydrogen) atoms. The summed E-state index contributed by atoms with van der Waals surface area (Å²) in [6.45, 7) is 6.31. The van der Waals surface area contributed by atoms with E-state index in [1.54, 1.807) is 23.1 Å². The molecule has 0 aliphatic carbocycles. The number of hydrogen-bond donors (Lipinski definition) is 0. The average molecular weight is 494 g/mol. The van der Waals surface area contributed by atoms with Gasteiger partial charge in [-0.15, -0.1) is 0 Å². The second-order valence-corrected chi connectivity index (χ2v) is 9.07. The molecule has 3 aromatic rings. The third kappa shape index (κ3) is 4.98. The Morgan fingerprint density at radius 1 is 0.944 bits per heavy atom. The fourth-order valence-electron chi connectivity index (χ4n) is 4.13. The van der Waals surface area contributed by atoms with Gasteiger partial charge in [-0.2, -0.15) is 9.78 Å². The van der Waals surface area contributed by atoms with Crippen LogP contribution in [0.25, 0.3) is 5.69 Å². The number of aromatic nitrogens is 3. The molecule has 2 amide bonds. The van der Waals surface area contributed by atoms with Gasteiger partial charge in [-0.1, -0.05) is 44.2 Å². The maximum Gasteiger partial charge on any atom is 0.352 e. The number of halogens is 1. The smallest absolute Gasteiger partial charge is 0.339 e. The van der Waals surface area contributed by atoms with Crippen molar-refractivity contribution in [2.45, 2.75) is 33.2 Å². The van der Waals surface area contributed by atoms with Crippen LogP contribution in [0.5, 0.6) is 0 Å². The van der Waals surface area contributed by atoms with Gasteiger partial charge in [0.05, 0.1) is 12.2 Å². The van der Waals surface area contributed by atoms with Crippen LogP contribution in [0, 0.1) is 5.82 Å². The van der Waals surface area contributed by atoms with Gasteiger partial charge in [0.1, 0.15) is 5.82 Å². The van der Waals surface area contributed by atoms with Gasteiger partial charge in [0.15, 0.2) is 0 Å². The molecule has 1 aromatic heterocycles. The van der Waals surface area contributed by atoms with Crippen LogP contribution in [0.3, 0.4) is 0 Å². The SMILES string of the molecule is CC(=O)N1CCN(C(=O)c2nn(-c3ccc(C(C)C)cc3)c(=O)n(Cc3ccccc3F)c2=O)CC1. The van der Waals surface area contributed by atoms with Crippen molar-refractivity contribution in [1.29, 1.82) is 0 Å². The Morgan fingerprint density at radius 2 is 1.56 bits per heavy atom. The molecule has 9 nitrogen and oxygen atoms in total. The van der Waals surface area contributed by atoms with E-state index >= 15 is 0 Å². The van der Waals surface area contributed by atoms with Gasteiger partial charge >= 0.3 is 5.69 Å². The van der Waals surface area contributed by atoms with Gasteiger partial charge in [0, 0.05) is 38.7 Å². The molecule has 2 heterocycles. The van der Waals surface area contributed by atoms with Crippen LogP contribution in [-0.2, 0) is 11.3 Å². The summed E-state index contributed by atoms with van der Waals surface area (Å²) in [4.78, 5) is 54.8. The second-order valence-electron chi connectivity index (χ2n) is 9.07. The second kappa shape index (κ2) is 10.3. The summed E-state index contributed by atoms with van der Waals surface area (Å²) in [5.74, 6) is -1.03. The van der Waals surface area contributed by atoms with Crippen LogP contribution in [0.1, 0.15) is 48.3 Å². The van der Waals surface area contributed by atoms with Crippen LogP contribution in [-0.4, -0.2) is 62.1 Å². The summed E-state index contributed by atoms with van der Waals surface area (Å²) >= 11 is 0. The predicted octanol–water partition coefficient (Wildman–Crippen LogP) is 2.01. The van der Waals surface area contributed by atoms with E-state index in [-0.39, 0.29) is 37.0 Å². The quantitative estimate of drug-likeness (QED) is 0.542. The number of rotatable bonds is 5. The molecule has 0 N–H and O–H groups in total. The molecule has 0 spiro atoms. The summed E-state index contributed by atoms with van der Waals surface area (Å²) in [6.07, 6.45) is 0. The number of hydrogen-bond acceptors (Lipinski definition) is 5. The summed E-state index contributed by atoms with van der Waals surface area (Å²) in [7, 11) is 0. The van der Waals surface area contributed by atoms with Crippen molar-refractivity contribution in [3.63, 3.8) is 0 Å². The number of benzene rings is 2. The fourth-order valence-corrected chi connectivity index (χ4v) is 4.13. The van der Waals surface area contributed by atoms with E-state index in [1.807, 2.05) is 26.0 Å². The van der Waals surface area contributed by atoms with E-state index in [4.69, 9.17) is 0 Å². The van der Waals surface area contributed by atoms with Gasteiger partial charge in [0.25, 0.3) is 11.5 Å². The Balaban J connectivity index is 1.80. The molecule has 188 valence electrons. The average Bonchev–Trinajstić information content (AvgIpc) is 2.87. The van der Waals surface area contributed by atoms with Crippen molar-refractivity contribution in [3.8, 4) is 5.69 Å². The summed E-state index contributed by atoms with van der Waals surface area (Å²) in [5, 5.41) is 4.18. The zero-order valence-electron chi connectivity index (χ0n) is 20.5. The van der Waals surface area contributed by atoms with Crippen LogP contribution < -0.4 is 11.2 Å². The zero-order valence-corrected chi connectivity index (χ0v) is 20.5. The van der Waals surface area contributed by atoms with Gasteiger partial charge in [-0.25, -0.2) is 9.18 Å². The van der Waals surface area contributed by atoms with E-state index < -0.39 is 28.7 Å². The number of carbonyl (C=O) groups is 2. The largest absolute Gasteiger partial charge is 0.352 e. The van der Waals surface area contributed by atoms with Gasteiger partial charge in [-0.3, -0.25) is 19.0 Å². The van der Waals surface area contributed by atoms with E-state index in [1.165, 1.54) is 30.0 Å². The van der Waals surface area contributed by atoms with E-state index in [9.17, 15) is 23.6 Å². The van der Waals surface area contributed by atoms with Crippen molar-refractivity contribution in [1.82, 2.24) is 24.1 Å². The first kappa shape index (κ1) is 25.0. The minimum atomic E-state index is -0.891. The molecule has 0 unspecified atom stereocenters. The minimum Gasteiger partial charge on any atom is -0.339 e. The summed E-state index contributed by atoms with van der Waals surface area (Å²) in [5.41, 5.74) is -0.544. The molecule has 0 radical (unpaired) electrons. The molecule has 0 saturated carbocycles. The standard InChI is InChI=1S/C26H28FN5O4/c1-17(2)19-8-10-21(11-9-19)32-26(36)31(16-20-6-4-5-7-22(20)27)25(35)23(28-32)24(34)30-14-12-29(13-15-30)18(3)33/h4-11,17H,12-16H2,1-3H3. The molecule has 1 aliphatic rings. The lowest BCUT2D eigenvalue weighted by atomic mass is 10.0. The van der Waals surface area contributed by atoms with Crippen LogP contribution >= 0.6 is 0 Å². The zero-order chi connectivity index (χ0) is 26.0. The van der Waals surface area contributed by atoms with Crippen molar-refractivity contribution in [2.24, 2.45) is 0 Å². The highest BCUT2D eigenvalue weighted by Gasteiger charge is 2.28. The maximum absolute atomic E-state index is 14.4. The Bertz CT molecular complexity index is 1400. The predicted molar refractivity (Wildman–Crippen MR) is 132 cm³/mol. The molecule has 0 bridgehead atoms. The lowest BCUT2D eigenvalue weighted by molar-refractivity contribution is -0.130. The molecule has 0 atom stereocenters. The third-order valence-electron chi connectivity index (χ3n) is 6.37. The molecule has 4 rings (SSSR count). The maximum atomic E-state index is 14.4.